The van der Waals surface area contributed by atoms with Crippen molar-refractivity contribution in [3.8, 4) is 0 Å². The van der Waals surface area contributed by atoms with Gasteiger partial charge in [-0.15, -0.1) is 0 Å². The summed E-state index contributed by atoms with van der Waals surface area (Å²) in [6.45, 7) is 3.78. The molecule has 0 aromatic heterocycles. The number of rotatable bonds is 3. The second kappa shape index (κ2) is 5.69. The van der Waals surface area contributed by atoms with Crippen LogP contribution in [0.25, 0.3) is 0 Å². The monoisotopic (exact) mass is 254 g/mol. The van der Waals surface area contributed by atoms with Gasteiger partial charge in [0.25, 0.3) is 0 Å². The summed E-state index contributed by atoms with van der Waals surface area (Å²) in [6.07, 6.45) is 4.72. The van der Waals surface area contributed by atoms with Crippen molar-refractivity contribution in [3.63, 3.8) is 0 Å². The van der Waals surface area contributed by atoms with Crippen LogP contribution in [-0.2, 0) is 9.59 Å². The Balaban J connectivity index is 1.92. The van der Waals surface area contributed by atoms with E-state index < -0.39 is 11.9 Å². The maximum Gasteiger partial charge on any atom is 0.307 e. The van der Waals surface area contributed by atoms with Crippen LogP contribution < -0.4 is 5.43 Å². The molecule has 5 heteroatoms. The lowest BCUT2D eigenvalue weighted by Gasteiger charge is -2.28. The molecule has 1 amide bonds. The summed E-state index contributed by atoms with van der Waals surface area (Å²) in [4.78, 5) is 23.3. The van der Waals surface area contributed by atoms with Crippen LogP contribution in [0.1, 0.15) is 39.0 Å². The summed E-state index contributed by atoms with van der Waals surface area (Å²) in [7, 11) is 0. The molecule has 0 radical (unpaired) electrons. The van der Waals surface area contributed by atoms with E-state index >= 15 is 0 Å². The number of nitrogens with zero attached hydrogens (tertiary/aromatic N) is 1. The second-order valence-electron chi connectivity index (χ2n) is 5.65. The van der Waals surface area contributed by atoms with Crippen molar-refractivity contribution in [1.29, 1.82) is 0 Å². The average molecular weight is 254 g/mol. The minimum absolute atomic E-state index is 0.103. The Hall–Kier alpha value is -1.10. The number of carbonyl (C=O) groups excluding carboxylic acids is 1. The molecule has 0 aromatic carbocycles. The van der Waals surface area contributed by atoms with Gasteiger partial charge in [0, 0.05) is 13.1 Å². The molecule has 102 valence electrons. The first-order chi connectivity index (χ1) is 8.58. The Morgan fingerprint density at radius 2 is 1.72 bits per heavy atom. The molecule has 3 atom stereocenters. The number of hydrogen-bond acceptors (Lipinski definition) is 3. The topological polar surface area (TPSA) is 69.6 Å². The van der Waals surface area contributed by atoms with Gasteiger partial charge in [-0.3, -0.25) is 15.0 Å². The summed E-state index contributed by atoms with van der Waals surface area (Å²) >= 11 is 0. The van der Waals surface area contributed by atoms with Crippen LogP contribution in [0.5, 0.6) is 0 Å². The van der Waals surface area contributed by atoms with Gasteiger partial charge in [0.05, 0.1) is 11.8 Å². The maximum atomic E-state index is 12.2. The van der Waals surface area contributed by atoms with E-state index in [1.54, 1.807) is 0 Å². The van der Waals surface area contributed by atoms with E-state index in [9.17, 15) is 9.59 Å². The van der Waals surface area contributed by atoms with Crippen molar-refractivity contribution in [2.75, 3.05) is 13.1 Å². The van der Waals surface area contributed by atoms with Crippen LogP contribution in [0.4, 0.5) is 0 Å². The van der Waals surface area contributed by atoms with Gasteiger partial charge in [-0.1, -0.05) is 13.3 Å². The van der Waals surface area contributed by atoms with Crippen LogP contribution in [0.15, 0.2) is 0 Å². The van der Waals surface area contributed by atoms with Crippen molar-refractivity contribution in [3.05, 3.63) is 0 Å². The number of aliphatic carboxylic acids is 1. The summed E-state index contributed by atoms with van der Waals surface area (Å²) in [5.74, 6) is -1.49. The molecule has 1 saturated carbocycles. The Kier molecular flexibility index (Phi) is 4.22. The number of amides is 1. The molecule has 1 heterocycles. The van der Waals surface area contributed by atoms with E-state index in [0.29, 0.717) is 18.8 Å². The van der Waals surface area contributed by atoms with Crippen LogP contribution in [0.3, 0.4) is 0 Å². The maximum absolute atomic E-state index is 12.2. The zero-order chi connectivity index (χ0) is 13.1. The molecule has 0 spiro atoms. The van der Waals surface area contributed by atoms with Gasteiger partial charge in [0.2, 0.25) is 5.91 Å². The number of hydrogen-bond donors (Lipinski definition) is 2. The Bertz CT molecular complexity index is 326. The highest BCUT2D eigenvalue weighted by molar-refractivity contribution is 5.85. The van der Waals surface area contributed by atoms with Crippen molar-refractivity contribution < 1.29 is 14.7 Å². The third-order valence-corrected chi connectivity index (χ3v) is 4.08. The van der Waals surface area contributed by atoms with Gasteiger partial charge in [-0.05, 0) is 31.6 Å². The van der Waals surface area contributed by atoms with E-state index in [1.165, 1.54) is 6.42 Å². The quantitative estimate of drug-likeness (QED) is 0.795. The molecule has 2 rings (SSSR count). The van der Waals surface area contributed by atoms with Crippen LogP contribution in [-0.4, -0.2) is 35.1 Å². The highest BCUT2D eigenvalue weighted by Gasteiger charge is 2.41. The van der Waals surface area contributed by atoms with Gasteiger partial charge in [-0.25, -0.2) is 5.01 Å². The molecule has 2 N–H and O–H groups in total. The van der Waals surface area contributed by atoms with E-state index in [2.05, 4.69) is 5.43 Å². The average Bonchev–Trinajstić information content (AvgIpc) is 2.73. The lowest BCUT2D eigenvalue weighted by atomic mass is 9.95. The Morgan fingerprint density at radius 3 is 2.33 bits per heavy atom. The van der Waals surface area contributed by atoms with Crippen LogP contribution >= 0.6 is 0 Å². The predicted molar refractivity (Wildman–Crippen MR) is 66.6 cm³/mol. The molecule has 2 aliphatic rings. The standard InChI is InChI=1S/C13H22N2O3/c1-9-7-10(11(8-9)13(17)18)12(16)14-15-5-3-2-4-6-15/h9-11H,2-8H2,1H3,(H,14,16)(H,17,18)/t9?,10-,11+/m0/s1. The highest BCUT2D eigenvalue weighted by atomic mass is 16.4. The third-order valence-electron chi connectivity index (χ3n) is 4.08. The largest absolute Gasteiger partial charge is 0.481 e. The molecule has 1 unspecified atom stereocenters. The van der Waals surface area contributed by atoms with Crippen LogP contribution in [0.2, 0.25) is 0 Å². The molecule has 5 nitrogen and oxygen atoms in total. The molecule has 1 saturated heterocycles. The summed E-state index contributed by atoms with van der Waals surface area (Å²) < 4.78 is 0. The Morgan fingerprint density at radius 1 is 1.11 bits per heavy atom. The minimum atomic E-state index is -0.835. The lowest BCUT2D eigenvalue weighted by molar-refractivity contribution is -0.147. The van der Waals surface area contributed by atoms with Gasteiger partial charge < -0.3 is 5.11 Å². The minimum Gasteiger partial charge on any atom is -0.481 e. The summed E-state index contributed by atoms with van der Waals surface area (Å²) in [5, 5.41) is 11.1. The normalized spacial score (nSPS) is 33.3. The van der Waals surface area contributed by atoms with Crippen molar-refractivity contribution >= 4 is 11.9 Å². The molecule has 1 aliphatic carbocycles. The molecular formula is C13H22N2O3. The fourth-order valence-corrected chi connectivity index (χ4v) is 3.10. The first kappa shape index (κ1) is 13.3. The number of carbonyl (C=O) groups is 2. The number of nitrogens with one attached hydrogen (secondary N) is 1. The SMILES string of the molecule is CC1C[C@H](C(=O)NN2CCCCC2)[C@H](C(=O)O)C1. The van der Waals surface area contributed by atoms with Crippen molar-refractivity contribution in [2.45, 2.75) is 39.0 Å². The van der Waals surface area contributed by atoms with Crippen molar-refractivity contribution in [2.24, 2.45) is 17.8 Å². The van der Waals surface area contributed by atoms with E-state index in [1.807, 2.05) is 11.9 Å². The molecular weight excluding hydrogens is 232 g/mol. The fraction of sp³-hybridized carbons (Fsp3) is 0.846. The summed E-state index contributed by atoms with van der Waals surface area (Å²) in [5.41, 5.74) is 2.90. The third kappa shape index (κ3) is 3.02. The predicted octanol–water partition coefficient (Wildman–Crippen LogP) is 1.25. The number of carboxylic acids is 1. The molecule has 2 fully saturated rings. The molecule has 0 bridgehead atoms. The van der Waals surface area contributed by atoms with Crippen LogP contribution in [0, 0.1) is 17.8 Å². The molecule has 1 aliphatic heterocycles. The number of piperidine rings is 1. The first-order valence-corrected chi connectivity index (χ1v) is 6.86. The Labute approximate surface area is 108 Å². The zero-order valence-electron chi connectivity index (χ0n) is 10.9. The van der Waals surface area contributed by atoms with E-state index in [-0.39, 0.29) is 11.8 Å². The zero-order valence-corrected chi connectivity index (χ0v) is 10.9. The van der Waals surface area contributed by atoms with Gasteiger partial charge in [0.1, 0.15) is 0 Å². The van der Waals surface area contributed by atoms with Gasteiger partial charge in [-0.2, -0.15) is 0 Å². The van der Waals surface area contributed by atoms with Crippen molar-refractivity contribution in [1.82, 2.24) is 10.4 Å². The smallest absolute Gasteiger partial charge is 0.307 e. The molecule has 0 aromatic rings. The lowest BCUT2D eigenvalue weighted by Crippen LogP contribution is -2.48. The first-order valence-electron chi connectivity index (χ1n) is 6.86. The van der Waals surface area contributed by atoms with Gasteiger partial charge >= 0.3 is 5.97 Å². The number of hydrazine groups is 1. The summed E-state index contributed by atoms with van der Waals surface area (Å²) in [6, 6.07) is 0. The fourth-order valence-electron chi connectivity index (χ4n) is 3.10. The second-order valence-corrected chi connectivity index (χ2v) is 5.65. The van der Waals surface area contributed by atoms with E-state index in [0.717, 1.165) is 25.9 Å². The van der Waals surface area contributed by atoms with E-state index in [4.69, 9.17) is 5.11 Å². The highest BCUT2D eigenvalue weighted by Crippen LogP contribution is 2.36. The number of carboxylic acid groups (broad SMARTS) is 1. The molecule has 18 heavy (non-hydrogen) atoms. The van der Waals surface area contributed by atoms with Gasteiger partial charge in [0.15, 0.2) is 0 Å².